The van der Waals surface area contributed by atoms with Crippen LogP contribution in [-0.4, -0.2) is 19.0 Å². The van der Waals surface area contributed by atoms with Crippen LogP contribution in [0, 0.1) is 22.7 Å². The van der Waals surface area contributed by atoms with Gasteiger partial charge in [-0.2, -0.15) is 0 Å². The maximum Gasteiger partial charge on any atom is 0.224 e. The van der Waals surface area contributed by atoms with Gasteiger partial charge in [-0.3, -0.25) is 4.79 Å². The van der Waals surface area contributed by atoms with E-state index in [4.69, 9.17) is 5.73 Å². The molecule has 1 aliphatic carbocycles. The highest BCUT2D eigenvalue weighted by atomic mass is 16.1. The topological polar surface area (TPSA) is 55.1 Å². The van der Waals surface area contributed by atoms with Crippen LogP contribution >= 0.6 is 0 Å². The maximum atomic E-state index is 12.2. The van der Waals surface area contributed by atoms with E-state index in [0.29, 0.717) is 17.9 Å². The molecule has 1 amide bonds. The number of rotatable bonds is 6. The lowest BCUT2D eigenvalue weighted by molar-refractivity contribution is -0.126. The van der Waals surface area contributed by atoms with E-state index in [-0.39, 0.29) is 17.2 Å². The molecule has 0 saturated heterocycles. The van der Waals surface area contributed by atoms with E-state index in [1.807, 2.05) is 0 Å². The Morgan fingerprint density at radius 3 is 2.22 bits per heavy atom. The molecule has 1 unspecified atom stereocenters. The van der Waals surface area contributed by atoms with Crippen LogP contribution in [0.4, 0.5) is 0 Å². The number of nitrogens with two attached hydrogens (primary N) is 1. The Morgan fingerprint density at radius 2 is 1.89 bits per heavy atom. The third-order valence-electron chi connectivity index (χ3n) is 4.25. The van der Waals surface area contributed by atoms with Crippen LogP contribution in [-0.2, 0) is 4.79 Å². The second-order valence-corrected chi connectivity index (χ2v) is 7.43. The summed E-state index contributed by atoms with van der Waals surface area (Å²) < 4.78 is 0. The molecule has 1 saturated carbocycles. The molecule has 1 rings (SSSR count). The summed E-state index contributed by atoms with van der Waals surface area (Å²) >= 11 is 0. The van der Waals surface area contributed by atoms with Gasteiger partial charge in [0.25, 0.3) is 0 Å². The molecule has 0 aromatic carbocycles. The standard InChI is InChI=1S/C15H30N2O/c1-11(2)15(6-7-15)10-17-13(18)12(9-16)8-14(3,4)5/h11-12H,6-10,16H2,1-5H3,(H,17,18). The van der Waals surface area contributed by atoms with Crippen LogP contribution < -0.4 is 11.1 Å². The van der Waals surface area contributed by atoms with Crippen molar-refractivity contribution in [3.05, 3.63) is 0 Å². The second kappa shape index (κ2) is 5.60. The largest absolute Gasteiger partial charge is 0.355 e. The van der Waals surface area contributed by atoms with Crippen molar-refractivity contribution in [3.63, 3.8) is 0 Å². The van der Waals surface area contributed by atoms with Gasteiger partial charge in [0.15, 0.2) is 0 Å². The summed E-state index contributed by atoms with van der Waals surface area (Å²) in [6.07, 6.45) is 3.35. The average Bonchev–Trinajstić information content (AvgIpc) is 3.02. The molecule has 1 fully saturated rings. The number of hydrogen-bond donors (Lipinski definition) is 2. The fraction of sp³-hybridized carbons (Fsp3) is 0.933. The molecule has 0 radical (unpaired) electrons. The Hall–Kier alpha value is -0.570. The summed E-state index contributed by atoms with van der Waals surface area (Å²) in [5.41, 5.74) is 6.26. The Morgan fingerprint density at radius 1 is 1.33 bits per heavy atom. The molecule has 106 valence electrons. The summed E-state index contributed by atoms with van der Waals surface area (Å²) in [6.45, 7) is 12.2. The van der Waals surface area contributed by atoms with Crippen LogP contribution in [0.15, 0.2) is 0 Å². The van der Waals surface area contributed by atoms with Gasteiger partial charge in [0, 0.05) is 13.1 Å². The smallest absolute Gasteiger partial charge is 0.224 e. The molecule has 1 aliphatic rings. The lowest BCUT2D eigenvalue weighted by Gasteiger charge is -2.26. The van der Waals surface area contributed by atoms with Crippen LogP contribution in [0.2, 0.25) is 0 Å². The van der Waals surface area contributed by atoms with E-state index in [9.17, 15) is 4.79 Å². The Balaban J connectivity index is 2.44. The second-order valence-electron chi connectivity index (χ2n) is 7.43. The lowest BCUT2D eigenvalue weighted by atomic mass is 9.84. The molecule has 0 spiro atoms. The molecule has 3 N–H and O–H groups in total. The Kier molecular flexibility index (Phi) is 4.82. The van der Waals surface area contributed by atoms with E-state index in [0.717, 1.165) is 13.0 Å². The van der Waals surface area contributed by atoms with Crippen molar-refractivity contribution in [1.29, 1.82) is 0 Å². The molecular formula is C15H30N2O. The first-order valence-corrected chi connectivity index (χ1v) is 7.18. The number of hydrogen-bond acceptors (Lipinski definition) is 2. The third kappa shape index (κ3) is 4.27. The minimum Gasteiger partial charge on any atom is -0.355 e. The molecular weight excluding hydrogens is 224 g/mol. The van der Waals surface area contributed by atoms with Gasteiger partial charge in [-0.15, -0.1) is 0 Å². The van der Waals surface area contributed by atoms with Crippen molar-refractivity contribution in [3.8, 4) is 0 Å². The molecule has 3 nitrogen and oxygen atoms in total. The number of nitrogens with one attached hydrogen (secondary N) is 1. The molecule has 0 aliphatic heterocycles. The predicted octanol–water partition coefficient (Wildman–Crippen LogP) is 2.55. The number of carbonyl (C=O) groups excluding carboxylic acids is 1. The maximum absolute atomic E-state index is 12.2. The highest BCUT2D eigenvalue weighted by Crippen LogP contribution is 2.51. The van der Waals surface area contributed by atoms with Crippen molar-refractivity contribution in [2.45, 2.75) is 53.9 Å². The first-order valence-electron chi connectivity index (χ1n) is 7.18. The summed E-state index contributed by atoms with van der Waals surface area (Å²) in [6, 6.07) is 0. The van der Waals surface area contributed by atoms with Gasteiger partial charge in [-0.25, -0.2) is 0 Å². The van der Waals surface area contributed by atoms with Crippen LogP contribution in [0.3, 0.4) is 0 Å². The quantitative estimate of drug-likeness (QED) is 0.765. The fourth-order valence-electron chi connectivity index (χ4n) is 2.55. The van der Waals surface area contributed by atoms with Gasteiger partial charge in [0.1, 0.15) is 0 Å². The van der Waals surface area contributed by atoms with Gasteiger partial charge in [-0.1, -0.05) is 34.6 Å². The minimum absolute atomic E-state index is 0.0482. The fourth-order valence-corrected chi connectivity index (χ4v) is 2.55. The summed E-state index contributed by atoms with van der Waals surface area (Å²) in [5.74, 6) is 0.740. The molecule has 3 heteroatoms. The van der Waals surface area contributed by atoms with E-state index < -0.39 is 0 Å². The zero-order valence-electron chi connectivity index (χ0n) is 12.7. The number of amides is 1. The first-order chi connectivity index (χ1) is 8.20. The zero-order valence-corrected chi connectivity index (χ0v) is 12.7. The van der Waals surface area contributed by atoms with E-state index in [2.05, 4.69) is 39.9 Å². The monoisotopic (exact) mass is 254 g/mol. The molecule has 0 heterocycles. The zero-order chi connectivity index (χ0) is 14.0. The highest BCUT2D eigenvalue weighted by Gasteiger charge is 2.45. The minimum atomic E-state index is -0.0482. The average molecular weight is 254 g/mol. The van der Waals surface area contributed by atoms with Crippen molar-refractivity contribution >= 4 is 5.91 Å². The van der Waals surface area contributed by atoms with Gasteiger partial charge >= 0.3 is 0 Å². The Labute approximate surface area is 112 Å². The molecule has 0 aromatic heterocycles. The van der Waals surface area contributed by atoms with Gasteiger partial charge < -0.3 is 11.1 Å². The van der Waals surface area contributed by atoms with Gasteiger partial charge in [-0.05, 0) is 36.0 Å². The van der Waals surface area contributed by atoms with Crippen molar-refractivity contribution in [2.24, 2.45) is 28.4 Å². The molecule has 18 heavy (non-hydrogen) atoms. The van der Waals surface area contributed by atoms with E-state index in [1.54, 1.807) is 0 Å². The molecule has 0 aromatic rings. The SMILES string of the molecule is CC(C)C1(CNC(=O)C(CN)CC(C)(C)C)CC1. The van der Waals surface area contributed by atoms with Crippen molar-refractivity contribution in [2.75, 3.05) is 13.1 Å². The van der Waals surface area contributed by atoms with Gasteiger partial charge in [0.05, 0.1) is 5.92 Å². The summed E-state index contributed by atoms with van der Waals surface area (Å²) in [4.78, 5) is 12.2. The summed E-state index contributed by atoms with van der Waals surface area (Å²) in [7, 11) is 0. The number of carbonyl (C=O) groups is 1. The van der Waals surface area contributed by atoms with Crippen LogP contribution in [0.25, 0.3) is 0 Å². The lowest BCUT2D eigenvalue weighted by Crippen LogP contribution is -2.40. The van der Waals surface area contributed by atoms with Crippen LogP contribution in [0.5, 0.6) is 0 Å². The summed E-state index contributed by atoms with van der Waals surface area (Å²) in [5, 5.41) is 3.12. The Bertz CT molecular complexity index is 287. The highest BCUT2D eigenvalue weighted by molar-refractivity contribution is 5.79. The van der Waals surface area contributed by atoms with Crippen LogP contribution in [0.1, 0.15) is 53.9 Å². The molecule has 0 bridgehead atoms. The van der Waals surface area contributed by atoms with Crippen molar-refractivity contribution < 1.29 is 4.79 Å². The third-order valence-corrected chi connectivity index (χ3v) is 4.25. The predicted molar refractivity (Wildman–Crippen MR) is 76.1 cm³/mol. The molecule has 1 atom stereocenters. The van der Waals surface area contributed by atoms with E-state index >= 15 is 0 Å². The van der Waals surface area contributed by atoms with E-state index in [1.165, 1.54) is 12.8 Å². The first kappa shape index (κ1) is 15.5. The normalized spacial score (nSPS) is 19.7. The van der Waals surface area contributed by atoms with Crippen molar-refractivity contribution in [1.82, 2.24) is 5.32 Å². The van der Waals surface area contributed by atoms with Gasteiger partial charge in [0.2, 0.25) is 5.91 Å².